The highest BCUT2D eigenvalue weighted by atomic mass is 32.2. The minimum absolute atomic E-state index is 0.0426. The second kappa shape index (κ2) is 6.82. The lowest BCUT2D eigenvalue weighted by Gasteiger charge is -2.34. The zero-order valence-corrected chi connectivity index (χ0v) is 16.0. The van der Waals surface area contributed by atoms with Crippen molar-refractivity contribution in [3.05, 3.63) is 52.8 Å². The third-order valence-corrected chi connectivity index (χ3v) is 6.33. The summed E-state index contributed by atoms with van der Waals surface area (Å²) >= 11 is 0. The van der Waals surface area contributed by atoms with E-state index in [0.29, 0.717) is 0 Å². The van der Waals surface area contributed by atoms with Crippen LogP contribution in [0.2, 0.25) is 0 Å². The van der Waals surface area contributed by atoms with Gasteiger partial charge in [0.05, 0.1) is 5.56 Å². The lowest BCUT2D eigenvalue weighted by Crippen LogP contribution is -2.48. The number of amides is 1. The number of fused-ring (bicyclic) bond motifs is 1. The first-order chi connectivity index (χ1) is 12.6. The minimum atomic E-state index is -3.84. The van der Waals surface area contributed by atoms with Gasteiger partial charge in [0.1, 0.15) is 11.8 Å². The first kappa shape index (κ1) is 19.1. The SMILES string of the molecule is Cc1oc(S(=O)(=O)N(C)C)cc1C(=O)N1Cc2ccccc2CC1C(=O)O. The molecule has 2 heterocycles. The highest BCUT2D eigenvalue weighted by Crippen LogP contribution is 2.28. The topological polar surface area (TPSA) is 108 Å². The van der Waals surface area contributed by atoms with Gasteiger partial charge >= 0.3 is 5.97 Å². The van der Waals surface area contributed by atoms with Crippen molar-refractivity contribution in [2.45, 2.75) is 31.0 Å². The van der Waals surface area contributed by atoms with Crippen LogP contribution in [0.3, 0.4) is 0 Å². The maximum absolute atomic E-state index is 13.0. The van der Waals surface area contributed by atoms with Gasteiger partial charge in [-0.25, -0.2) is 17.5 Å². The van der Waals surface area contributed by atoms with Crippen LogP contribution in [-0.4, -0.2) is 54.7 Å². The van der Waals surface area contributed by atoms with Crippen LogP contribution in [0.4, 0.5) is 0 Å². The first-order valence-corrected chi connectivity index (χ1v) is 9.70. The number of carbonyl (C=O) groups is 2. The van der Waals surface area contributed by atoms with Gasteiger partial charge in [-0.15, -0.1) is 0 Å². The average molecular weight is 392 g/mol. The standard InChI is InChI=1S/C18H20N2O6S/c1-11-14(9-16(26-11)27(24,25)19(2)3)17(21)20-10-13-7-5-4-6-12(13)8-15(20)18(22)23/h4-7,9,15H,8,10H2,1-3H3,(H,22,23). The molecule has 1 amide bonds. The summed E-state index contributed by atoms with van der Waals surface area (Å²) in [6.45, 7) is 1.61. The lowest BCUT2D eigenvalue weighted by atomic mass is 9.93. The van der Waals surface area contributed by atoms with Gasteiger partial charge in [0, 0.05) is 33.1 Å². The van der Waals surface area contributed by atoms with Crippen molar-refractivity contribution in [2.75, 3.05) is 14.1 Å². The van der Waals surface area contributed by atoms with Crippen molar-refractivity contribution in [1.29, 1.82) is 0 Å². The predicted molar refractivity (Wildman–Crippen MR) is 95.8 cm³/mol. The predicted octanol–water partition coefficient (Wildman–Crippen LogP) is 1.49. The maximum atomic E-state index is 13.0. The molecule has 0 radical (unpaired) electrons. The molecule has 0 aliphatic carbocycles. The number of rotatable bonds is 4. The fourth-order valence-corrected chi connectivity index (χ4v) is 3.94. The second-order valence-corrected chi connectivity index (χ2v) is 8.67. The molecule has 8 nitrogen and oxygen atoms in total. The van der Waals surface area contributed by atoms with Crippen LogP contribution < -0.4 is 0 Å². The van der Waals surface area contributed by atoms with Gasteiger partial charge in [-0.05, 0) is 18.1 Å². The second-order valence-electron chi connectivity index (χ2n) is 6.58. The van der Waals surface area contributed by atoms with Crippen molar-refractivity contribution in [1.82, 2.24) is 9.21 Å². The largest absolute Gasteiger partial charge is 0.480 e. The molecule has 1 aliphatic rings. The fourth-order valence-electron chi connectivity index (χ4n) is 3.09. The lowest BCUT2D eigenvalue weighted by molar-refractivity contribution is -0.142. The molecule has 0 spiro atoms. The summed E-state index contributed by atoms with van der Waals surface area (Å²) in [7, 11) is -1.13. The Morgan fingerprint density at radius 3 is 2.44 bits per heavy atom. The zero-order chi connectivity index (χ0) is 19.9. The van der Waals surface area contributed by atoms with Crippen LogP contribution >= 0.6 is 0 Å². The Morgan fingerprint density at radius 1 is 1.22 bits per heavy atom. The van der Waals surface area contributed by atoms with Gasteiger partial charge < -0.3 is 14.4 Å². The van der Waals surface area contributed by atoms with E-state index in [0.717, 1.165) is 21.5 Å². The van der Waals surface area contributed by atoms with E-state index in [-0.39, 0.29) is 29.4 Å². The molecular weight excluding hydrogens is 372 g/mol. The Morgan fingerprint density at radius 2 is 1.85 bits per heavy atom. The first-order valence-electron chi connectivity index (χ1n) is 8.26. The summed E-state index contributed by atoms with van der Waals surface area (Å²) in [5.74, 6) is -1.55. The summed E-state index contributed by atoms with van der Waals surface area (Å²) in [6.07, 6.45) is 0.191. The van der Waals surface area contributed by atoms with E-state index in [1.54, 1.807) is 0 Å². The van der Waals surface area contributed by atoms with Crippen LogP contribution in [0.5, 0.6) is 0 Å². The molecule has 2 aromatic rings. The van der Waals surface area contributed by atoms with E-state index in [1.807, 2.05) is 24.3 Å². The number of benzene rings is 1. The molecular formula is C18H20N2O6S. The number of sulfonamides is 1. The van der Waals surface area contributed by atoms with Crippen molar-refractivity contribution in [3.8, 4) is 0 Å². The van der Waals surface area contributed by atoms with E-state index in [2.05, 4.69) is 0 Å². The normalized spacial score (nSPS) is 17.0. The smallest absolute Gasteiger partial charge is 0.326 e. The summed E-state index contributed by atoms with van der Waals surface area (Å²) < 4.78 is 30.8. The molecule has 144 valence electrons. The molecule has 27 heavy (non-hydrogen) atoms. The molecule has 9 heteroatoms. The average Bonchev–Trinajstić information content (AvgIpc) is 3.02. The van der Waals surface area contributed by atoms with Gasteiger partial charge in [-0.2, -0.15) is 0 Å². The van der Waals surface area contributed by atoms with E-state index >= 15 is 0 Å². The quantitative estimate of drug-likeness (QED) is 0.845. The van der Waals surface area contributed by atoms with E-state index < -0.39 is 27.9 Å². The number of furan rings is 1. The Bertz CT molecular complexity index is 1010. The van der Waals surface area contributed by atoms with Crippen LogP contribution in [0.1, 0.15) is 27.2 Å². The molecule has 1 aromatic heterocycles. The number of carboxylic acids is 1. The van der Waals surface area contributed by atoms with Crippen molar-refractivity contribution in [2.24, 2.45) is 0 Å². The van der Waals surface area contributed by atoms with Crippen LogP contribution in [0.15, 0.2) is 39.8 Å². The molecule has 0 saturated heterocycles. The van der Waals surface area contributed by atoms with E-state index in [9.17, 15) is 23.1 Å². The van der Waals surface area contributed by atoms with Gasteiger partial charge in [0.25, 0.3) is 15.9 Å². The van der Waals surface area contributed by atoms with Crippen LogP contribution in [-0.2, 0) is 27.8 Å². The Labute approximate surface area is 157 Å². The minimum Gasteiger partial charge on any atom is -0.480 e. The number of carboxylic acid groups (broad SMARTS) is 1. The van der Waals surface area contributed by atoms with Gasteiger partial charge in [0.2, 0.25) is 5.09 Å². The Balaban J connectivity index is 2.00. The molecule has 1 aromatic carbocycles. The maximum Gasteiger partial charge on any atom is 0.326 e. The number of aryl methyl sites for hydroxylation is 1. The highest BCUT2D eigenvalue weighted by Gasteiger charge is 2.37. The Hall–Kier alpha value is -2.65. The number of nitrogens with zero attached hydrogens (tertiary/aromatic N) is 2. The van der Waals surface area contributed by atoms with Gasteiger partial charge in [-0.1, -0.05) is 24.3 Å². The van der Waals surface area contributed by atoms with Crippen molar-refractivity contribution in [3.63, 3.8) is 0 Å². The number of hydrogen-bond donors (Lipinski definition) is 1. The molecule has 3 rings (SSSR count). The zero-order valence-electron chi connectivity index (χ0n) is 15.2. The summed E-state index contributed by atoms with van der Waals surface area (Å²) in [4.78, 5) is 26.0. The third kappa shape index (κ3) is 3.35. The number of carbonyl (C=O) groups excluding carboxylic acids is 1. The van der Waals surface area contributed by atoms with Crippen molar-refractivity contribution >= 4 is 21.9 Å². The summed E-state index contributed by atoms with van der Waals surface area (Å²) in [5.41, 5.74) is 1.79. The molecule has 0 saturated carbocycles. The third-order valence-electron chi connectivity index (χ3n) is 4.66. The van der Waals surface area contributed by atoms with E-state index in [4.69, 9.17) is 4.42 Å². The van der Waals surface area contributed by atoms with Crippen LogP contribution in [0.25, 0.3) is 0 Å². The highest BCUT2D eigenvalue weighted by molar-refractivity contribution is 7.88. The van der Waals surface area contributed by atoms with Crippen molar-refractivity contribution < 1.29 is 27.5 Å². The molecule has 1 atom stereocenters. The summed E-state index contributed by atoms with van der Waals surface area (Å²) in [6, 6.07) is 7.47. The van der Waals surface area contributed by atoms with Crippen LogP contribution in [0, 0.1) is 6.92 Å². The molecule has 1 unspecified atom stereocenters. The molecule has 1 aliphatic heterocycles. The monoisotopic (exact) mass is 392 g/mol. The molecule has 1 N–H and O–H groups in total. The molecule has 0 bridgehead atoms. The molecule has 0 fully saturated rings. The Kier molecular flexibility index (Phi) is 4.83. The number of hydrogen-bond acceptors (Lipinski definition) is 5. The fraction of sp³-hybridized carbons (Fsp3) is 0.333. The number of aliphatic carboxylic acids is 1. The van der Waals surface area contributed by atoms with Gasteiger partial charge in [-0.3, -0.25) is 4.79 Å². The van der Waals surface area contributed by atoms with E-state index in [1.165, 1.54) is 25.9 Å². The summed E-state index contributed by atoms with van der Waals surface area (Å²) in [5, 5.41) is 9.24. The van der Waals surface area contributed by atoms with Gasteiger partial charge in [0.15, 0.2) is 0 Å².